The van der Waals surface area contributed by atoms with E-state index >= 15 is 0 Å². The Morgan fingerprint density at radius 2 is 2.16 bits per heavy atom. The first-order valence-corrected chi connectivity index (χ1v) is 6.53. The molecule has 1 aromatic heterocycles. The molecule has 100 valence electrons. The Morgan fingerprint density at radius 1 is 1.32 bits per heavy atom. The molecule has 2 aromatic rings. The Bertz CT molecular complexity index is 520. The van der Waals surface area contributed by atoms with E-state index in [1.54, 1.807) is 0 Å². The van der Waals surface area contributed by atoms with Crippen LogP contribution in [-0.4, -0.2) is 23.4 Å². The average Bonchev–Trinajstić information content (AvgIpc) is 3.11. The molecule has 1 saturated heterocycles. The van der Waals surface area contributed by atoms with Gasteiger partial charge in [0.05, 0.1) is 12.6 Å². The van der Waals surface area contributed by atoms with Gasteiger partial charge in [-0.3, -0.25) is 0 Å². The zero-order valence-electron chi connectivity index (χ0n) is 10.7. The zero-order chi connectivity index (χ0) is 13.1. The van der Waals surface area contributed by atoms with Crippen molar-refractivity contribution in [2.75, 3.05) is 13.2 Å². The van der Waals surface area contributed by atoms with Crippen LogP contribution < -0.4 is 5.73 Å². The molecular formula is C14H17N3O2. The van der Waals surface area contributed by atoms with Crippen molar-refractivity contribution in [1.82, 2.24) is 10.1 Å². The van der Waals surface area contributed by atoms with E-state index in [0.29, 0.717) is 18.9 Å². The summed E-state index contributed by atoms with van der Waals surface area (Å²) in [7, 11) is 0. The summed E-state index contributed by atoms with van der Waals surface area (Å²) in [6, 6.07) is 9.81. The van der Waals surface area contributed by atoms with E-state index in [0.717, 1.165) is 18.9 Å². The van der Waals surface area contributed by atoms with Gasteiger partial charge in [0, 0.05) is 12.5 Å². The van der Waals surface area contributed by atoms with Crippen LogP contribution in [0.5, 0.6) is 0 Å². The molecule has 0 aliphatic carbocycles. The molecule has 2 heterocycles. The Balaban J connectivity index is 1.68. The van der Waals surface area contributed by atoms with E-state index in [1.807, 2.05) is 30.3 Å². The van der Waals surface area contributed by atoms with Gasteiger partial charge in [-0.1, -0.05) is 35.5 Å². The second-order valence-corrected chi connectivity index (χ2v) is 4.85. The lowest BCUT2D eigenvalue weighted by atomic mass is 10.1. The first-order valence-electron chi connectivity index (χ1n) is 6.53. The minimum Gasteiger partial charge on any atom is -0.381 e. The molecule has 5 nitrogen and oxygen atoms in total. The summed E-state index contributed by atoms with van der Waals surface area (Å²) in [6.07, 6.45) is 1.65. The molecule has 3 rings (SSSR count). The van der Waals surface area contributed by atoms with Crippen LogP contribution in [-0.2, 0) is 11.2 Å². The molecule has 1 unspecified atom stereocenters. The first-order chi connectivity index (χ1) is 9.33. The number of aromatic nitrogens is 2. The second kappa shape index (κ2) is 5.50. The van der Waals surface area contributed by atoms with Crippen molar-refractivity contribution in [3.05, 3.63) is 47.6 Å². The number of hydrogen-bond acceptors (Lipinski definition) is 5. The van der Waals surface area contributed by atoms with Crippen molar-refractivity contribution in [1.29, 1.82) is 0 Å². The van der Waals surface area contributed by atoms with Gasteiger partial charge in [-0.15, -0.1) is 0 Å². The SMILES string of the molecule is N[C@H](Cc1ccccc1)c1nc(C2CCOC2)no1. The van der Waals surface area contributed by atoms with Crippen LogP contribution in [0, 0.1) is 0 Å². The molecule has 0 spiro atoms. The minimum atomic E-state index is -0.258. The third-order valence-electron chi connectivity index (χ3n) is 3.37. The fourth-order valence-corrected chi connectivity index (χ4v) is 2.26. The van der Waals surface area contributed by atoms with Crippen molar-refractivity contribution in [2.45, 2.75) is 24.8 Å². The molecule has 1 aliphatic heterocycles. The van der Waals surface area contributed by atoms with Crippen LogP contribution in [0.15, 0.2) is 34.9 Å². The number of rotatable bonds is 4. The van der Waals surface area contributed by atoms with Gasteiger partial charge in [0.2, 0.25) is 5.89 Å². The normalized spacial score (nSPS) is 20.6. The summed E-state index contributed by atoms with van der Waals surface area (Å²) in [5, 5.41) is 4.01. The van der Waals surface area contributed by atoms with Gasteiger partial charge in [-0.2, -0.15) is 4.98 Å². The van der Waals surface area contributed by atoms with Gasteiger partial charge < -0.3 is 15.0 Å². The maximum absolute atomic E-state index is 6.11. The van der Waals surface area contributed by atoms with Crippen LogP contribution in [0.2, 0.25) is 0 Å². The van der Waals surface area contributed by atoms with E-state index < -0.39 is 0 Å². The molecule has 1 aliphatic rings. The lowest BCUT2D eigenvalue weighted by molar-refractivity contribution is 0.192. The van der Waals surface area contributed by atoms with Crippen LogP contribution in [0.1, 0.15) is 35.7 Å². The molecule has 2 N–H and O–H groups in total. The molecule has 0 amide bonds. The first kappa shape index (κ1) is 12.3. The quantitative estimate of drug-likeness (QED) is 0.906. The number of hydrogen-bond donors (Lipinski definition) is 1. The van der Waals surface area contributed by atoms with Gasteiger partial charge in [0.15, 0.2) is 5.82 Å². The predicted molar refractivity (Wildman–Crippen MR) is 69.5 cm³/mol. The monoisotopic (exact) mass is 259 g/mol. The average molecular weight is 259 g/mol. The van der Waals surface area contributed by atoms with Crippen molar-refractivity contribution < 1.29 is 9.26 Å². The summed E-state index contributed by atoms with van der Waals surface area (Å²) in [4.78, 5) is 4.41. The molecule has 2 atom stereocenters. The van der Waals surface area contributed by atoms with E-state index in [1.165, 1.54) is 5.56 Å². The van der Waals surface area contributed by atoms with Crippen LogP contribution in [0.4, 0.5) is 0 Å². The fourth-order valence-electron chi connectivity index (χ4n) is 2.26. The van der Waals surface area contributed by atoms with Gasteiger partial charge >= 0.3 is 0 Å². The number of nitrogens with zero attached hydrogens (tertiary/aromatic N) is 2. The van der Waals surface area contributed by atoms with Crippen LogP contribution in [0.3, 0.4) is 0 Å². The fraction of sp³-hybridized carbons (Fsp3) is 0.429. The standard InChI is InChI=1S/C14H17N3O2/c15-12(8-10-4-2-1-3-5-10)14-16-13(17-19-14)11-6-7-18-9-11/h1-5,11-12H,6-9,15H2/t11?,12-/m1/s1. The van der Waals surface area contributed by atoms with E-state index in [4.69, 9.17) is 15.0 Å². The maximum atomic E-state index is 6.11. The van der Waals surface area contributed by atoms with Crippen molar-refractivity contribution >= 4 is 0 Å². The highest BCUT2D eigenvalue weighted by atomic mass is 16.5. The molecule has 1 aromatic carbocycles. The predicted octanol–water partition coefficient (Wildman–Crippen LogP) is 1.82. The summed E-state index contributed by atoms with van der Waals surface area (Å²) in [5.41, 5.74) is 7.28. The highest BCUT2D eigenvalue weighted by Gasteiger charge is 2.24. The van der Waals surface area contributed by atoms with Crippen LogP contribution in [0.25, 0.3) is 0 Å². The Kier molecular flexibility index (Phi) is 3.57. The van der Waals surface area contributed by atoms with Gasteiger partial charge in [-0.25, -0.2) is 0 Å². The smallest absolute Gasteiger partial charge is 0.243 e. The van der Waals surface area contributed by atoms with Crippen molar-refractivity contribution in [3.63, 3.8) is 0 Å². The highest BCUT2D eigenvalue weighted by Crippen LogP contribution is 2.24. The second-order valence-electron chi connectivity index (χ2n) is 4.85. The largest absolute Gasteiger partial charge is 0.381 e. The van der Waals surface area contributed by atoms with Crippen LogP contribution >= 0.6 is 0 Å². The van der Waals surface area contributed by atoms with Crippen molar-refractivity contribution in [3.8, 4) is 0 Å². The lowest BCUT2D eigenvalue weighted by Crippen LogP contribution is -2.14. The molecule has 1 fully saturated rings. The highest BCUT2D eigenvalue weighted by molar-refractivity contribution is 5.16. The molecule has 0 radical (unpaired) electrons. The van der Waals surface area contributed by atoms with Gasteiger partial charge in [-0.05, 0) is 18.4 Å². The van der Waals surface area contributed by atoms with Crippen molar-refractivity contribution in [2.24, 2.45) is 5.73 Å². The minimum absolute atomic E-state index is 0.251. The Hall–Kier alpha value is -1.72. The number of ether oxygens (including phenoxy) is 1. The summed E-state index contributed by atoms with van der Waals surface area (Å²) >= 11 is 0. The maximum Gasteiger partial charge on any atom is 0.243 e. The van der Waals surface area contributed by atoms with E-state index in [-0.39, 0.29) is 12.0 Å². The third-order valence-corrected chi connectivity index (χ3v) is 3.37. The molecule has 0 bridgehead atoms. The number of nitrogens with two attached hydrogens (primary N) is 1. The van der Waals surface area contributed by atoms with E-state index in [9.17, 15) is 0 Å². The van der Waals surface area contributed by atoms with E-state index in [2.05, 4.69) is 10.1 Å². The molecular weight excluding hydrogens is 242 g/mol. The van der Waals surface area contributed by atoms with Gasteiger partial charge in [0.1, 0.15) is 0 Å². The lowest BCUT2D eigenvalue weighted by Gasteiger charge is -2.06. The number of benzene rings is 1. The molecule has 19 heavy (non-hydrogen) atoms. The Morgan fingerprint density at radius 3 is 2.89 bits per heavy atom. The molecule has 5 heteroatoms. The zero-order valence-corrected chi connectivity index (χ0v) is 10.7. The third kappa shape index (κ3) is 2.83. The van der Waals surface area contributed by atoms with Gasteiger partial charge in [0.25, 0.3) is 0 Å². The Labute approximate surface area is 111 Å². The summed E-state index contributed by atoms with van der Waals surface area (Å²) < 4.78 is 10.6. The summed E-state index contributed by atoms with van der Waals surface area (Å²) in [6.45, 7) is 1.44. The topological polar surface area (TPSA) is 74.2 Å². The molecule has 0 saturated carbocycles. The summed E-state index contributed by atoms with van der Waals surface area (Å²) in [5.74, 6) is 1.48.